The van der Waals surface area contributed by atoms with Gasteiger partial charge < -0.3 is 30.7 Å². The molecular weight excluding hydrogens is 594 g/mol. The van der Waals surface area contributed by atoms with E-state index in [1.54, 1.807) is 0 Å². The molecule has 242 valence electrons. The molecule has 4 aromatic carbocycles. The van der Waals surface area contributed by atoms with Crippen LogP contribution in [0.15, 0.2) is 103 Å². The average Bonchev–Trinajstić information content (AvgIpc) is 3.61. The van der Waals surface area contributed by atoms with E-state index in [1.165, 1.54) is 4.90 Å². The molecule has 0 bridgehead atoms. The van der Waals surface area contributed by atoms with Gasteiger partial charge in [-0.25, -0.2) is 4.79 Å². The number of amides is 3. The van der Waals surface area contributed by atoms with Gasteiger partial charge in [-0.1, -0.05) is 30.3 Å². The molecule has 4 aromatic rings. The van der Waals surface area contributed by atoms with Crippen LogP contribution >= 0.6 is 0 Å². The Labute approximate surface area is 274 Å². The number of piperidine rings is 1. The molecule has 0 aliphatic carbocycles. The Kier molecular flexibility index (Phi) is 9.98. The molecule has 6 rings (SSSR count). The summed E-state index contributed by atoms with van der Waals surface area (Å²) < 4.78 is 5.46. The molecule has 3 amide bonds. The molecule has 2 heterocycles. The fraction of sp³-hybridized carbons (Fsp3) is 0.270. The van der Waals surface area contributed by atoms with Crippen LogP contribution < -0.4 is 20.9 Å². The molecule has 2 saturated heterocycles. The lowest BCUT2D eigenvalue weighted by Gasteiger charge is -2.31. The Balaban J connectivity index is 0.968. The van der Waals surface area contributed by atoms with E-state index in [1.807, 2.05) is 103 Å². The molecule has 0 saturated carbocycles. The quantitative estimate of drug-likeness (QED) is 0.169. The highest BCUT2D eigenvalue weighted by Crippen LogP contribution is 2.25. The molecule has 2 aliphatic rings. The molecule has 4 N–H and O–H groups in total. The lowest BCUT2D eigenvalue weighted by molar-refractivity contribution is -0.120. The molecule has 0 radical (unpaired) electrons. The van der Waals surface area contributed by atoms with E-state index in [-0.39, 0.29) is 24.5 Å². The summed E-state index contributed by atoms with van der Waals surface area (Å²) in [5.41, 5.74) is 5.50. The second-order valence-electron chi connectivity index (χ2n) is 11.9. The molecule has 1 unspecified atom stereocenters. The number of hydrogen-bond donors (Lipinski definition) is 4. The summed E-state index contributed by atoms with van der Waals surface area (Å²) >= 11 is 0. The van der Waals surface area contributed by atoms with Crippen molar-refractivity contribution in [2.24, 2.45) is 0 Å². The van der Waals surface area contributed by atoms with Crippen LogP contribution in [0, 0.1) is 0 Å². The first-order valence-corrected chi connectivity index (χ1v) is 16.0. The van der Waals surface area contributed by atoms with Crippen molar-refractivity contribution in [1.82, 2.24) is 4.90 Å². The van der Waals surface area contributed by atoms with Crippen LogP contribution in [0.1, 0.15) is 41.6 Å². The minimum absolute atomic E-state index is 0.164. The number of anilines is 5. The summed E-state index contributed by atoms with van der Waals surface area (Å²) in [4.78, 5) is 42.3. The third-order valence-electron chi connectivity index (χ3n) is 8.54. The highest BCUT2D eigenvalue weighted by atomic mass is 16.6. The van der Waals surface area contributed by atoms with Crippen LogP contribution in [-0.2, 0) is 16.1 Å². The fourth-order valence-corrected chi connectivity index (χ4v) is 5.88. The normalized spacial score (nSPS) is 16.4. The third kappa shape index (κ3) is 8.28. The number of ether oxygens (including phenoxy) is 1. The van der Waals surface area contributed by atoms with Crippen molar-refractivity contribution in [3.05, 3.63) is 114 Å². The lowest BCUT2D eigenvalue weighted by Crippen LogP contribution is -2.43. The number of nitrogens with zero attached hydrogens (tertiary/aromatic N) is 2. The van der Waals surface area contributed by atoms with Crippen LogP contribution in [0.25, 0.3) is 0 Å². The largest absolute Gasteiger partial charge is 0.445 e. The number of carbonyl (C=O) groups is 3. The summed E-state index contributed by atoms with van der Waals surface area (Å²) in [6, 6.07) is 31.2. The van der Waals surface area contributed by atoms with E-state index >= 15 is 0 Å². The van der Waals surface area contributed by atoms with Gasteiger partial charge in [0.15, 0.2) is 0 Å². The second kappa shape index (κ2) is 14.8. The first-order valence-electron chi connectivity index (χ1n) is 16.0. The topological polar surface area (TPSA) is 123 Å². The lowest BCUT2D eigenvalue weighted by atomic mass is 10.1. The predicted octanol–water partition coefficient (Wildman–Crippen LogP) is 6.38. The summed E-state index contributed by atoms with van der Waals surface area (Å²) in [6.07, 6.45) is 2.13. The highest BCUT2D eigenvalue weighted by molar-refractivity contribution is 6.04. The van der Waals surface area contributed by atoms with Crippen molar-refractivity contribution in [2.75, 3.05) is 40.5 Å². The average molecular weight is 634 g/mol. The van der Waals surface area contributed by atoms with E-state index in [4.69, 9.17) is 4.74 Å². The Morgan fingerprint density at radius 2 is 1.30 bits per heavy atom. The summed E-state index contributed by atoms with van der Waals surface area (Å²) in [7, 11) is 0. The zero-order valence-electron chi connectivity index (χ0n) is 26.1. The molecule has 0 spiro atoms. The van der Waals surface area contributed by atoms with E-state index in [0.29, 0.717) is 29.9 Å². The molecule has 47 heavy (non-hydrogen) atoms. The van der Waals surface area contributed by atoms with Gasteiger partial charge in [0.1, 0.15) is 12.6 Å². The zero-order valence-corrected chi connectivity index (χ0v) is 26.1. The van der Waals surface area contributed by atoms with Gasteiger partial charge in [-0.15, -0.1) is 0 Å². The highest BCUT2D eigenvalue weighted by Gasteiger charge is 2.35. The van der Waals surface area contributed by atoms with E-state index in [2.05, 4.69) is 20.9 Å². The van der Waals surface area contributed by atoms with E-state index < -0.39 is 12.1 Å². The second-order valence-corrected chi connectivity index (χ2v) is 11.9. The molecule has 1 atom stereocenters. The molecular formula is C37H39N5O5. The van der Waals surface area contributed by atoms with Crippen molar-refractivity contribution in [3.63, 3.8) is 0 Å². The predicted molar refractivity (Wildman–Crippen MR) is 183 cm³/mol. The van der Waals surface area contributed by atoms with Crippen LogP contribution in [-0.4, -0.2) is 59.7 Å². The molecule has 0 aromatic heterocycles. The van der Waals surface area contributed by atoms with Crippen molar-refractivity contribution in [1.29, 1.82) is 0 Å². The van der Waals surface area contributed by atoms with Crippen LogP contribution in [0.2, 0.25) is 0 Å². The first-order chi connectivity index (χ1) is 22.9. The molecule has 10 nitrogen and oxygen atoms in total. The number of hydrogen-bond acceptors (Lipinski definition) is 7. The van der Waals surface area contributed by atoms with Gasteiger partial charge in [0.2, 0.25) is 5.91 Å². The third-order valence-corrected chi connectivity index (χ3v) is 8.54. The number of aliphatic hydroxyl groups is 1. The van der Waals surface area contributed by atoms with Gasteiger partial charge in [0.25, 0.3) is 5.91 Å². The van der Waals surface area contributed by atoms with Crippen molar-refractivity contribution >= 4 is 46.3 Å². The zero-order chi connectivity index (χ0) is 32.6. The summed E-state index contributed by atoms with van der Waals surface area (Å²) in [5.74, 6) is -0.426. The SMILES string of the molecule is O=C(Nc1ccc(Nc2ccc(NC(=O)C3CCCN3C(=O)OCc3ccccc3)cc2)cc1)c1ccc(N2CCC(O)CC2)cc1. The monoisotopic (exact) mass is 633 g/mol. The van der Waals surface area contributed by atoms with Gasteiger partial charge in [-0.2, -0.15) is 0 Å². The number of benzene rings is 4. The number of rotatable bonds is 9. The molecule has 2 aliphatic heterocycles. The van der Waals surface area contributed by atoms with Gasteiger partial charge in [-0.3, -0.25) is 14.5 Å². The van der Waals surface area contributed by atoms with Crippen LogP contribution in [0.5, 0.6) is 0 Å². The summed E-state index contributed by atoms with van der Waals surface area (Å²) in [6.45, 7) is 2.26. The number of nitrogens with one attached hydrogen (secondary N) is 3. The Morgan fingerprint density at radius 3 is 1.94 bits per heavy atom. The molecule has 10 heteroatoms. The van der Waals surface area contributed by atoms with Crippen molar-refractivity contribution in [2.45, 2.75) is 44.4 Å². The maximum atomic E-state index is 13.1. The van der Waals surface area contributed by atoms with E-state index in [9.17, 15) is 19.5 Å². The van der Waals surface area contributed by atoms with Gasteiger partial charge >= 0.3 is 6.09 Å². The minimum atomic E-state index is -0.579. The summed E-state index contributed by atoms with van der Waals surface area (Å²) in [5, 5.41) is 18.9. The standard InChI is InChI=1S/C37H39N5O5/c43-33-20-23-41(24-21-33)32-18-8-27(9-19-32)35(44)39-30-14-10-28(11-15-30)38-29-12-16-31(17-13-29)40-36(45)34-7-4-22-42(34)37(46)47-25-26-5-2-1-3-6-26/h1-3,5-6,8-19,33-34,38,43H,4,7,20-25H2,(H,39,44)(H,40,45). The minimum Gasteiger partial charge on any atom is -0.445 e. The number of carbonyl (C=O) groups excluding carboxylic acids is 3. The van der Waals surface area contributed by atoms with Crippen LogP contribution in [0.4, 0.5) is 33.2 Å². The first kappa shape index (κ1) is 31.6. The fourth-order valence-electron chi connectivity index (χ4n) is 5.88. The number of aliphatic hydroxyl groups excluding tert-OH is 1. The van der Waals surface area contributed by atoms with Crippen molar-refractivity contribution in [3.8, 4) is 0 Å². The van der Waals surface area contributed by atoms with Gasteiger partial charge in [-0.05, 0) is 104 Å². The smallest absolute Gasteiger partial charge is 0.410 e. The van der Waals surface area contributed by atoms with Crippen LogP contribution in [0.3, 0.4) is 0 Å². The molecule has 2 fully saturated rings. The van der Waals surface area contributed by atoms with Crippen molar-refractivity contribution < 1.29 is 24.2 Å². The van der Waals surface area contributed by atoms with Gasteiger partial charge in [0.05, 0.1) is 6.10 Å². The van der Waals surface area contributed by atoms with Gasteiger partial charge in [0, 0.05) is 53.6 Å². The Bertz CT molecular complexity index is 1650. The van der Waals surface area contributed by atoms with E-state index in [0.717, 1.165) is 55.0 Å². The Hall–Kier alpha value is -5.35. The number of likely N-dealkylation sites (tertiary alicyclic amines) is 1. The maximum absolute atomic E-state index is 13.1. The Morgan fingerprint density at radius 1 is 0.702 bits per heavy atom. The maximum Gasteiger partial charge on any atom is 0.410 e.